The highest BCUT2D eigenvalue weighted by Crippen LogP contribution is 2.15. The molecule has 1 fully saturated rings. The summed E-state index contributed by atoms with van der Waals surface area (Å²) < 4.78 is 5.74. The summed E-state index contributed by atoms with van der Waals surface area (Å²) >= 11 is 0. The van der Waals surface area contributed by atoms with Crippen molar-refractivity contribution in [3.05, 3.63) is 24.0 Å². The standard InChI is InChI=1S/C16H25N3O2/c1-3-7-19(12-15-6-4-5-8-21-15)16(20)18-14-9-13(2)10-17-11-14/h9-11,15H,3-8,12H2,1-2H3,(H,18,20)/t15-/m1/s1. The molecule has 116 valence electrons. The van der Waals surface area contributed by atoms with Crippen molar-refractivity contribution in [2.75, 3.05) is 25.0 Å². The van der Waals surface area contributed by atoms with Crippen LogP contribution in [0.3, 0.4) is 0 Å². The first kappa shape index (κ1) is 15.8. The van der Waals surface area contributed by atoms with Crippen molar-refractivity contribution in [2.24, 2.45) is 0 Å². The van der Waals surface area contributed by atoms with E-state index in [1.54, 1.807) is 12.4 Å². The van der Waals surface area contributed by atoms with Crippen LogP contribution < -0.4 is 5.32 Å². The molecule has 0 aromatic carbocycles. The van der Waals surface area contributed by atoms with Crippen molar-refractivity contribution in [3.8, 4) is 0 Å². The number of ether oxygens (including phenoxy) is 1. The topological polar surface area (TPSA) is 54.5 Å². The van der Waals surface area contributed by atoms with E-state index in [-0.39, 0.29) is 12.1 Å². The second-order valence-electron chi connectivity index (χ2n) is 5.62. The minimum atomic E-state index is -0.0709. The predicted molar refractivity (Wildman–Crippen MR) is 83.4 cm³/mol. The van der Waals surface area contributed by atoms with E-state index < -0.39 is 0 Å². The van der Waals surface area contributed by atoms with Crippen LogP contribution in [0.5, 0.6) is 0 Å². The van der Waals surface area contributed by atoms with Gasteiger partial charge in [0.1, 0.15) is 0 Å². The van der Waals surface area contributed by atoms with E-state index in [1.165, 1.54) is 6.42 Å². The molecule has 1 N–H and O–H groups in total. The van der Waals surface area contributed by atoms with Crippen LogP contribution in [-0.2, 0) is 4.74 Å². The number of rotatable bonds is 5. The first-order valence-corrected chi connectivity index (χ1v) is 7.78. The number of aromatic nitrogens is 1. The predicted octanol–water partition coefficient (Wildman–Crippen LogP) is 3.20. The molecular weight excluding hydrogens is 266 g/mol. The number of hydrogen-bond donors (Lipinski definition) is 1. The Morgan fingerprint density at radius 3 is 3.00 bits per heavy atom. The summed E-state index contributed by atoms with van der Waals surface area (Å²) in [7, 11) is 0. The number of nitrogens with one attached hydrogen (secondary N) is 1. The van der Waals surface area contributed by atoms with Gasteiger partial charge in [-0.15, -0.1) is 0 Å². The average molecular weight is 291 g/mol. The zero-order chi connectivity index (χ0) is 15.1. The van der Waals surface area contributed by atoms with Crippen LogP contribution in [0, 0.1) is 6.92 Å². The Morgan fingerprint density at radius 2 is 2.33 bits per heavy atom. The van der Waals surface area contributed by atoms with Gasteiger partial charge in [-0.25, -0.2) is 4.79 Å². The fourth-order valence-corrected chi connectivity index (χ4v) is 2.57. The number of urea groups is 1. The number of anilines is 1. The lowest BCUT2D eigenvalue weighted by atomic mass is 10.1. The lowest BCUT2D eigenvalue weighted by molar-refractivity contribution is 0.00161. The lowest BCUT2D eigenvalue weighted by Crippen LogP contribution is -2.42. The fraction of sp³-hybridized carbons (Fsp3) is 0.625. The summed E-state index contributed by atoms with van der Waals surface area (Å²) in [4.78, 5) is 18.4. The monoisotopic (exact) mass is 291 g/mol. The Labute approximate surface area is 126 Å². The van der Waals surface area contributed by atoms with Crippen molar-refractivity contribution >= 4 is 11.7 Å². The summed E-state index contributed by atoms with van der Waals surface area (Å²) in [5.74, 6) is 0. The smallest absolute Gasteiger partial charge is 0.321 e. The van der Waals surface area contributed by atoms with Gasteiger partial charge in [0.15, 0.2) is 0 Å². The zero-order valence-electron chi connectivity index (χ0n) is 13.0. The van der Waals surface area contributed by atoms with Gasteiger partial charge in [-0.2, -0.15) is 0 Å². The second-order valence-corrected chi connectivity index (χ2v) is 5.62. The Hall–Kier alpha value is -1.62. The molecule has 2 rings (SSSR count). The van der Waals surface area contributed by atoms with E-state index in [4.69, 9.17) is 4.74 Å². The van der Waals surface area contributed by atoms with Gasteiger partial charge in [0, 0.05) is 25.9 Å². The van der Waals surface area contributed by atoms with Gasteiger partial charge in [0.25, 0.3) is 0 Å². The summed E-state index contributed by atoms with van der Waals surface area (Å²) in [6.45, 7) is 6.26. The normalized spacial score (nSPS) is 18.3. The fourth-order valence-electron chi connectivity index (χ4n) is 2.57. The van der Waals surface area contributed by atoms with Crippen molar-refractivity contribution < 1.29 is 9.53 Å². The van der Waals surface area contributed by atoms with Gasteiger partial charge < -0.3 is 15.0 Å². The molecule has 1 aromatic rings. The van der Waals surface area contributed by atoms with Crippen LogP contribution in [0.25, 0.3) is 0 Å². The Kier molecular flexibility index (Phi) is 5.99. The van der Waals surface area contributed by atoms with E-state index in [0.717, 1.165) is 43.7 Å². The molecule has 0 unspecified atom stereocenters. The maximum atomic E-state index is 12.4. The summed E-state index contributed by atoms with van der Waals surface area (Å²) in [5, 5.41) is 2.93. The molecule has 0 radical (unpaired) electrons. The van der Waals surface area contributed by atoms with Gasteiger partial charge in [0.2, 0.25) is 0 Å². The molecule has 1 aliphatic heterocycles. The number of carbonyl (C=O) groups is 1. The highest BCUT2D eigenvalue weighted by molar-refractivity contribution is 5.89. The zero-order valence-corrected chi connectivity index (χ0v) is 13.0. The molecule has 5 heteroatoms. The Morgan fingerprint density at radius 1 is 1.48 bits per heavy atom. The first-order chi connectivity index (χ1) is 10.2. The molecular formula is C16H25N3O2. The molecule has 2 amide bonds. The molecule has 0 saturated carbocycles. The SMILES string of the molecule is CCCN(C[C@H]1CCCCO1)C(=O)Nc1cncc(C)c1. The van der Waals surface area contributed by atoms with Crippen LogP contribution in [0.2, 0.25) is 0 Å². The number of hydrogen-bond acceptors (Lipinski definition) is 3. The highest BCUT2D eigenvalue weighted by atomic mass is 16.5. The quantitative estimate of drug-likeness (QED) is 0.906. The summed E-state index contributed by atoms with van der Waals surface area (Å²) in [5.41, 5.74) is 1.77. The molecule has 1 atom stereocenters. The second kappa shape index (κ2) is 7.98. The molecule has 0 spiro atoms. The van der Waals surface area contributed by atoms with E-state index in [1.807, 2.05) is 17.9 Å². The third-order valence-corrected chi connectivity index (χ3v) is 3.60. The maximum Gasteiger partial charge on any atom is 0.321 e. The van der Waals surface area contributed by atoms with Crippen molar-refractivity contribution in [2.45, 2.75) is 45.6 Å². The third kappa shape index (κ3) is 5.01. The maximum absolute atomic E-state index is 12.4. The molecule has 2 heterocycles. The minimum absolute atomic E-state index is 0.0709. The van der Waals surface area contributed by atoms with Gasteiger partial charge in [-0.05, 0) is 44.2 Å². The number of carbonyl (C=O) groups excluding carboxylic acids is 1. The Balaban J connectivity index is 1.94. The van der Waals surface area contributed by atoms with Gasteiger partial charge >= 0.3 is 6.03 Å². The van der Waals surface area contributed by atoms with Crippen molar-refractivity contribution in [1.82, 2.24) is 9.88 Å². The molecule has 1 aliphatic rings. The van der Waals surface area contributed by atoms with Crippen molar-refractivity contribution in [1.29, 1.82) is 0 Å². The van der Waals surface area contributed by atoms with Crippen LogP contribution in [-0.4, -0.2) is 41.7 Å². The lowest BCUT2D eigenvalue weighted by Gasteiger charge is -2.29. The summed E-state index contributed by atoms with van der Waals surface area (Å²) in [6.07, 6.45) is 7.92. The number of pyridine rings is 1. The molecule has 1 saturated heterocycles. The van der Waals surface area contributed by atoms with Gasteiger partial charge in [-0.3, -0.25) is 4.98 Å². The highest BCUT2D eigenvalue weighted by Gasteiger charge is 2.21. The van der Waals surface area contributed by atoms with Crippen LogP contribution in [0.1, 0.15) is 38.2 Å². The van der Waals surface area contributed by atoms with E-state index in [2.05, 4.69) is 17.2 Å². The Bertz CT molecular complexity index is 459. The van der Waals surface area contributed by atoms with Crippen LogP contribution >= 0.6 is 0 Å². The average Bonchev–Trinajstić information content (AvgIpc) is 2.48. The number of nitrogens with zero attached hydrogens (tertiary/aromatic N) is 2. The van der Waals surface area contributed by atoms with Crippen LogP contribution in [0.4, 0.5) is 10.5 Å². The van der Waals surface area contributed by atoms with E-state index in [0.29, 0.717) is 6.54 Å². The largest absolute Gasteiger partial charge is 0.376 e. The molecule has 1 aromatic heterocycles. The van der Waals surface area contributed by atoms with Crippen molar-refractivity contribution in [3.63, 3.8) is 0 Å². The first-order valence-electron chi connectivity index (χ1n) is 7.78. The number of aryl methyl sites for hydroxylation is 1. The van der Waals surface area contributed by atoms with E-state index >= 15 is 0 Å². The van der Waals surface area contributed by atoms with Gasteiger partial charge in [0.05, 0.1) is 18.0 Å². The van der Waals surface area contributed by atoms with Crippen LogP contribution in [0.15, 0.2) is 18.5 Å². The molecule has 0 bridgehead atoms. The van der Waals surface area contributed by atoms with Gasteiger partial charge in [-0.1, -0.05) is 6.92 Å². The molecule has 0 aliphatic carbocycles. The summed E-state index contributed by atoms with van der Waals surface area (Å²) in [6, 6.07) is 1.85. The minimum Gasteiger partial charge on any atom is -0.376 e. The van der Waals surface area contributed by atoms with E-state index in [9.17, 15) is 4.79 Å². The molecule has 5 nitrogen and oxygen atoms in total. The number of amides is 2. The third-order valence-electron chi connectivity index (χ3n) is 3.60. The molecule has 21 heavy (non-hydrogen) atoms.